The van der Waals surface area contributed by atoms with Crippen molar-refractivity contribution >= 4 is 17.0 Å². The highest BCUT2D eigenvalue weighted by Gasteiger charge is 2.10. The van der Waals surface area contributed by atoms with Gasteiger partial charge in [-0.2, -0.15) is 0 Å². The standard InChI is InChI=1S/C25H34N6/c1-20-29-23-8-4-5-9-24(23)31(20)17-14-27-25(26-2)28-18-21-10-12-22(13-11-21)19-30-15-6-3-7-16-30/h4-5,8-13H,3,6-7,14-19H2,1-2H3,(H2,26,27,28). The third-order valence-corrected chi connectivity index (χ3v) is 6.03. The molecule has 6 heteroatoms. The number of guanidine groups is 1. The minimum atomic E-state index is 0.761. The minimum absolute atomic E-state index is 0.761. The van der Waals surface area contributed by atoms with E-state index in [0.717, 1.165) is 43.5 Å². The summed E-state index contributed by atoms with van der Waals surface area (Å²) in [6.07, 6.45) is 4.06. The Balaban J connectivity index is 1.24. The van der Waals surface area contributed by atoms with Gasteiger partial charge in [0.2, 0.25) is 0 Å². The second-order valence-corrected chi connectivity index (χ2v) is 8.31. The van der Waals surface area contributed by atoms with Crippen molar-refractivity contribution in [2.24, 2.45) is 4.99 Å². The summed E-state index contributed by atoms with van der Waals surface area (Å²) in [5.41, 5.74) is 4.89. The quantitative estimate of drug-likeness (QED) is 0.454. The summed E-state index contributed by atoms with van der Waals surface area (Å²) >= 11 is 0. The third-order valence-electron chi connectivity index (χ3n) is 6.03. The number of nitrogens with zero attached hydrogens (tertiary/aromatic N) is 4. The van der Waals surface area contributed by atoms with Crippen LogP contribution in [0.4, 0.5) is 0 Å². The number of fused-ring (bicyclic) bond motifs is 1. The number of likely N-dealkylation sites (tertiary alicyclic amines) is 1. The van der Waals surface area contributed by atoms with Gasteiger partial charge >= 0.3 is 0 Å². The summed E-state index contributed by atoms with van der Waals surface area (Å²) < 4.78 is 2.25. The first-order valence-electron chi connectivity index (χ1n) is 11.4. The average molecular weight is 419 g/mol. The van der Waals surface area contributed by atoms with Crippen LogP contribution in [-0.2, 0) is 19.6 Å². The number of aromatic nitrogens is 2. The van der Waals surface area contributed by atoms with E-state index in [4.69, 9.17) is 0 Å². The maximum atomic E-state index is 4.64. The fourth-order valence-corrected chi connectivity index (χ4v) is 4.31. The van der Waals surface area contributed by atoms with Crippen molar-refractivity contribution in [3.8, 4) is 0 Å². The van der Waals surface area contributed by atoms with Gasteiger partial charge in [0, 0.05) is 33.2 Å². The van der Waals surface area contributed by atoms with Crippen LogP contribution in [0.1, 0.15) is 36.2 Å². The number of piperidine rings is 1. The average Bonchev–Trinajstić information content (AvgIpc) is 3.13. The number of nitrogens with one attached hydrogen (secondary N) is 2. The van der Waals surface area contributed by atoms with E-state index in [1.54, 1.807) is 0 Å². The molecule has 4 rings (SSSR count). The van der Waals surface area contributed by atoms with Crippen molar-refractivity contribution in [2.45, 2.75) is 45.8 Å². The first-order chi connectivity index (χ1) is 15.2. The Kier molecular flexibility index (Phi) is 7.20. The van der Waals surface area contributed by atoms with Crippen LogP contribution in [0.25, 0.3) is 11.0 Å². The Hall–Kier alpha value is -2.86. The summed E-state index contributed by atoms with van der Waals surface area (Å²) in [5.74, 6) is 1.86. The number of aryl methyl sites for hydroxylation is 1. The van der Waals surface area contributed by atoms with E-state index in [-0.39, 0.29) is 0 Å². The van der Waals surface area contributed by atoms with Gasteiger partial charge in [0.15, 0.2) is 5.96 Å². The van der Waals surface area contributed by atoms with Gasteiger partial charge in [0.05, 0.1) is 11.0 Å². The summed E-state index contributed by atoms with van der Waals surface area (Å²) in [6, 6.07) is 17.2. The van der Waals surface area contributed by atoms with Gasteiger partial charge in [-0.25, -0.2) is 4.98 Å². The molecule has 0 atom stereocenters. The number of benzene rings is 2. The van der Waals surface area contributed by atoms with Crippen molar-refractivity contribution < 1.29 is 0 Å². The molecule has 164 valence electrons. The summed E-state index contributed by atoms with van der Waals surface area (Å²) in [7, 11) is 1.81. The van der Waals surface area contributed by atoms with Crippen molar-refractivity contribution in [2.75, 3.05) is 26.7 Å². The molecular formula is C25H34N6. The summed E-state index contributed by atoms with van der Waals surface area (Å²) in [6.45, 7) is 7.99. The fraction of sp³-hybridized carbons (Fsp3) is 0.440. The number of hydrogen-bond acceptors (Lipinski definition) is 3. The number of imidazole rings is 1. The van der Waals surface area contributed by atoms with E-state index in [9.17, 15) is 0 Å². The number of rotatable bonds is 7. The number of para-hydroxylation sites is 2. The zero-order chi connectivity index (χ0) is 21.5. The predicted molar refractivity (Wildman–Crippen MR) is 128 cm³/mol. The number of aliphatic imine (C=N–C) groups is 1. The molecule has 2 aromatic carbocycles. The third kappa shape index (κ3) is 5.64. The zero-order valence-electron chi connectivity index (χ0n) is 18.8. The Labute approximate surface area is 185 Å². The smallest absolute Gasteiger partial charge is 0.191 e. The molecule has 3 aromatic rings. The lowest BCUT2D eigenvalue weighted by molar-refractivity contribution is 0.221. The summed E-state index contributed by atoms with van der Waals surface area (Å²) in [4.78, 5) is 11.6. The van der Waals surface area contributed by atoms with Gasteiger partial charge in [-0.3, -0.25) is 9.89 Å². The highest BCUT2D eigenvalue weighted by molar-refractivity contribution is 5.79. The van der Waals surface area contributed by atoms with E-state index in [1.165, 1.54) is 49.0 Å². The molecule has 1 aliphatic rings. The lowest BCUT2D eigenvalue weighted by Crippen LogP contribution is -2.38. The van der Waals surface area contributed by atoms with Crippen molar-refractivity contribution in [3.05, 3.63) is 65.5 Å². The predicted octanol–water partition coefficient (Wildman–Crippen LogP) is 3.70. The monoisotopic (exact) mass is 418 g/mol. The molecule has 0 unspecified atom stereocenters. The highest BCUT2D eigenvalue weighted by atomic mass is 15.2. The topological polar surface area (TPSA) is 57.5 Å². The van der Waals surface area contributed by atoms with E-state index in [1.807, 2.05) is 13.1 Å². The van der Waals surface area contributed by atoms with Crippen LogP contribution in [0.2, 0.25) is 0 Å². The highest BCUT2D eigenvalue weighted by Crippen LogP contribution is 2.15. The van der Waals surface area contributed by atoms with Crippen molar-refractivity contribution in [3.63, 3.8) is 0 Å². The number of hydrogen-bond donors (Lipinski definition) is 2. The molecule has 1 saturated heterocycles. The lowest BCUT2D eigenvalue weighted by atomic mass is 10.1. The Morgan fingerprint density at radius 1 is 0.968 bits per heavy atom. The second kappa shape index (κ2) is 10.4. The Morgan fingerprint density at radius 2 is 1.71 bits per heavy atom. The van der Waals surface area contributed by atoms with Crippen LogP contribution >= 0.6 is 0 Å². The Bertz CT molecular complexity index is 999. The van der Waals surface area contributed by atoms with Gasteiger partial charge in [0.1, 0.15) is 5.82 Å². The molecule has 0 aliphatic carbocycles. The fourth-order valence-electron chi connectivity index (χ4n) is 4.31. The van der Waals surface area contributed by atoms with Gasteiger partial charge in [-0.1, -0.05) is 42.8 Å². The van der Waals surface area contributed by atoms with E-state index in [0.29, 0.717) is 0 Å². The van der Waals surface area contributed by atoms with Gasteiger partial charge in [-0.05, 0) is 56.1 Å². The van der Waals surface area contributed by atoms with E-state index in [2.05, 4.69) is 79.5 Å². The maximum Gasteiger partial charge on any atom is 0.191 e. The van der Waals surface area contributed by atoms with E-state index < -0.39 is 0 Å². The molecule has 1 aliphatic heterocycles. The molecule has 31 heavy (non-hydrogen) atoms. The molecule has 0 amide bonds. The molecule has 2 N–H and O–H groups in total. The lowest BCUT2D eigenvalue weighted by Gasteiger charge is -2.26. The van der Waals surface area contributed by atoms with Crippen LogP contribution in [0, 0.1) is 6.92 Å². The summed E-state index contributed by atoms with van der Waals surface area (Å²) in [5, 5.41) is 6.84. The molecule has 6 nitrogen and oxygen atoms in total. The molecule has 1 aromatic heterocycles. The molecule has 0 spiro atoms. The molecule has 0 bridgehead atoms. The molecule has 0 radical (unpaired) electrons. The zero-order valence-corrected chi connectivity index (χ0v) is 18.8. The second-order valence-electron chi connectivity index (χ2n) is 8.31. The first kappa shape index (κ1) is 21.4. The van der Waals surface area contributed by atoms with Gasteiger partial charge < -0.3 is 15.2 Å². The largest absolute Gasteiger partial charge is 0.355 e. The molecule has 0 saturated carbocycles. The van der Waals surface area contributed by atoms with Crippen molar-refractivity contribution in [1.82, 2.24) is 25.1 Å². The van der Waals surface area contributed by atoms with Crippen LogP contribution in [0.5, 0.6) is 0 Å². The molecular weight excluding hydrogens is 384 g/mol. The van der Waals surface area contributed by atoms with Gasteiger partial charge in [-0.15, -0.1) is 0 Å². The van der Waals surface area contributed by atoms with E-state index >= 15 is 0 Å². The van der Waals surface area contributed by atoms with Gasteiger partial charge in [0.25, 0.3) is 0 Å². The molecule has 1 fully saturated rings. The minimum Gasteiger partial charge on any atom is -0.355 e. The maximum absolute atomic E-state index is 4.64. The molecule has 2 heterocycles. The van der Waals surface area contributed by atoms with Crippen LogP contribution < -0.4 is 10.6 Å². The SMILES string of the molecule is CN=C(NCCn1c(C)nc2ccccc21)NCc1ccc(CN2CCCCC2)cc1. The normalized spacial score (nSPS) is 15.4. The first-order valence-corrected chi connectivity index (χ1v) is 11.4. The van der Waals surface area contributed by atoms with Crippen molar-refractivity contribution in [1.29, 1.82) is 0 Å². The van der Waals surface area contributed by atoms with Crippen LogP contribution in [0.3, 0.4) is 0 Å². The van der Waals surface area contributed by atoms with Crippen LogP contribution in [-0.4, -0.2) is 47.1 Å². The van der Waals surface area contributed by atoms with Crippen LogP contribution in [0.15, 0.2) is 53.5 Å². The Morgan fingerprint density at radius 3 is 2.48 bits per heavy atom.